The zero-order valence-corrected chi connectivity index (χ0v) is 15.5. The average molecular weight is 368 g/mol. The quantitative estimate of drug-likeness (QED) is 0.888. The number of nitrogens with one attached hydrogen (secondary N) is 1. The topological polar surface area (TPSA) is 83.5 Å². The van der Waals surface area contributed by atoms with E-state index in [2.05, 4.69) is 43.6 Å². The first kappa shape index (κ1) is 17.5. The van der Waals surface area contributed by atoms with Crippen LogP contribution in [0.2, 0.25) is 0 Å². The Kier molecular flexibility index (Phi) is 5.04. The molecule has 27 heavy (non-hydrogen) atoms. The normalized spacial score (nSPS) is 16.9. The van der Waals surface area contributed by atoms with E-state index in [0.29, 0.717) is 25.6 Å². The van der Waals surface area contributed by atoms with E-state index in [1.54, 1.807) is 11.1 Å². The van der Waals surface area contributed by atoms with Crippen molar-refractivity contribution < 1.29 is 9.53 Å². The summed E-state index contributed by atoms with van der Waals surface area (Å²) in [5, 5.41) is 11.8. The SMILES string of the molecule is CCOC(=O)N1CCC(Nc2cnnc(N3CCc4ccccc43)n2)CC1. The summed E-state index contributed by atoms with van der Waals surface area (Å²) in [6.07, 6.45) is 4.12. The molecule has 0 spiro atoms. The molecule has 2 aliphatic heterocycles. The van der Waals surface area contributed by atoms with Crippen LogP contribution in [0.25, 0.3) is 0 Å². The summed E-state index contributed by atoms with van der Waals surface area (Å²) in [5.74, 6) is 1.34. The molecule has 1 N–H and O–H groups in total. The van der Waals surface area contributed by atoms with Crippen molar-refractivity contribution in [3.8, 4) is 0 Å². The predicted octanol–water partition coefficient (Wildman–Crippen LogP) is 2.60. The minimum atomic E-state index is -0.227. The molecular formula is C19H24N6O2. The summed E-state index contributed by atoms with van der Waals surface area (Å²) in [6.45, 7) is 4.46. The standard InChI is InChI=1S/C19H24N6O2/c1-2-27-19(26)24-10-8-15(9-11-24)21-17-13-20-23-18(22-17)25-12-7-14-5-3-4-6-16(14)25/h3-6,13,15H,2,7-12H2,1H3,(H,21,22,23). The fraction of sp³-hybridized carbons (Fsp3) is 0.474. The third kappa shape index (κ3) is 3.79. The lowest BCUT2D eigenvalue weighted by Crippen LogP contribution is -2.42. The van der Waals surface area contributed by atoms with Crippen molar-refractivity contribution in [1.82, 2.24) is 20.1 Å². The van der Waals surface area contributed by atoms with Gasteiger partial charge in [0.2, 0.25) is 0 Å². The van der Waals surface area contributed by atoms with Gasteiger partial charge < -0.3 is 19.9 Å². The van der Waals surface area contributed by atoms with Gasteiger partial charge in [-0.1, -0.05) is 18.2 Å². The number of carbonyl (C=O) groups excluding carboxylic acids is 1. The van der Waals surface area contributed by atoms with Crippen LogP contribution in [-0.4, -0.2) is 58.5 Å². The van der Waals surface area contributed by atoms with Crippen molar-refractivity contribution in [1.29, 1.82) is 0 Å². The number of amides is 1. The second-order valence-electron chi connectivity index (χ2n) is 6.78. The molecule has 1 aromatic heterocycles. The third-order valence-corrected chi connectivity index (χ3v) is 5.05. The van der Waals surface area contributed by atoms with Crippen LogP contribution in [0.15, 0.2) is 30.5 Å². The Labute approximate surface area is 158 Å². The van der Waals surface area contributed by atoms with Crippen molar-refractivity contribution in [3.63, 3.8) is 0 Å². The minimum Gasteiger partial charge on any atom is -0.450 e. The number of rotatable bonds is 4. The maximum absolute atomic E-state index is 11.8. The van der Waals surface area contributed by atoms with Gasteiger partial charge in [0.1, 0.15) is 0 Å². The molecule has 0 bridgehead atoms. The monoisotopic (exact) mass is 368 g/mol. The van der Waals surface area contributed by atoms with E-state index in [-0.39, 0.29) is 12.1 Å². The maximum Gasteiger partial charge on any atom is 0.409 e. The number of ether oxygens (including phenoxy) is 1. The Morgan fingerprint density at radius 3 is 2.89 bits per heavy atom. The van der Waals surface area contributed by atoms with Gasteiger partial charge in [-0.25, -0.2) is 4.79 Å². The van der Waals surface area contributed by atoms with Crippen molar-refractivity contribution in [2.24, 2.45) is 0 Å². The Morgan fingerprint density at radius 1 is 1.26 bits per heavy atom. The van der Waals surface area contributed by atoms with E-state index in [4.69, 9.17) is 4.74 Å². The number of benzene rings is 1. The zero-order valence-electron chi connectivity index (χ0n) is 15.5. The Bertz CT molecular complexity index is 806. The minimum absolute atomic E-state index is 0.227. The largest absolute Gasteiger partial charge is 0.450 e. The van der Waals surface area contributed by atoms with Crippen molar-refractivity contribution in [2.75, 3.05) is 36.5 Å². The molecule has 8 heteroatoms. The average Bonchev–Trinajstić information content (AvgIpc) is 3.13. The second-order valence-corrected chi connectivity index (χ2v) is 6.78. The molecule has 1 amide bonds. The molecule has 1 fully saturated rings. The lowest BCUT2D eigenvalue weighted by Gasteiger charge is -2.31. The van der Waals surface area contributed by atoms with Gasteiger partial charge in [-0.15, -0.1) is 5.10 Å². The highest BCUT2D eigenvalue weighted by Gasteiger charge is 2.25. The Hall–Kier alpha value is -2.90. The molecular weight excluding hydrogens is 344 g/mol. The van der Waals surface area contributed by atoms with Gasteiger partial charge in [0.15, 0.2) is 5.82 Å². The molecule has 0 aliphatic carbocycles. The van der Waals surface area contributed by atoms with Crippen LogP contribution in [0.1, 0.15) is 25.3 Å². The highest BCUT2D eigenvalue weighted by molar-refractivity contribution is 5.68. The first-order chi connectivity index (χ1) is 13.2. The summed E-state index contributed by atoms with van der Waals surface area (Å²) in [6, 6.07) is 8.58. The Morgan fingerprint density at radius 2 is 2.07 bits per heavy atom. The predicted molar refractivity (Wildman–Crippen MR) is 102 cm³/mol. The summed E-state index contributed by atoms with van der Waals surface area (Å²) in [5.41, 5.74) is 2.46. The number of nitrogens with zero attached hydrogens (tertiary/aromatic N) is 5. The lowest BCUT2D eigenvalue weighted by molar-refractivity contribution is 0.0983. The lowest BCUT2D eigenvalue weighted by atomic mass is 10.1. The van der Waals surface area contributed by atoms with Crippen LogP contribution in [0, 0.1) is 0 Å². The number of fused-ring (bicyclic) bond motifs is 1. The van der Waals surface area contributed by atoms with Crippen LogP contribution in [0.4, 0.5) is 22.2 Å². The molecule has 0 unspecified atom stereocenters. The van der Waals surface area contributed by atoms with E-state index in [0.717, 1.165) is 37.3 Å². The first-order valence-corrected chi connectivity index (χ1v) is 9.48. The zero-order chi connectivity index (χ0) is 18.6. The van der Waals surface area contributed by atoms with Crippen LogP contribution < -0.4 is 10.2 Å². The molecule has 142 valence electrons. The van der Waals surface area contributed by atoms with Gasteiger partial charge >= 0.3 is 6.09 Å². The fourth-order valence-electron chi connectivity index (χ4n) is 3.65. The van der Waals surface area contributed by atoms with E-state index in [1.807, 2.05) is 13.0 Å². The maximum atomic E-state index is 11.8. The van der Waals surface area contributed by atoms with Crippen molar-refractivity contribution in [3.05, 3.63) is 36.0 Å². The van der Waals surface area contributed by atoms with Crippen LogP contribution >= 0.6 is 0 Å². The third-order valence-electron chi connectivity index (χ3n) is 5.05. The smallest absolute Gasteiger partial charge is 0.409 e. The number of hydrogen-bond donors (Lipinski definition) is 1. The van der Waals surface area contributed by atoms with Crippen LogP contribution in [0.5, 0.6) is 0 Å². The van der Waals surface area contributed by atoms with Gasteiger partial charge in [-0.05, 0) is 37.8 Å². The van der Waals surface area contributed by atoms with Gasteiger partial charge in [-0.2, -0.15) is 10.1 Å². The molecule has 0 radical (unpaired) electrons. The first-order valence-electron chi connectivity index (χ1n) is 9.48. The number of hydrogen-bond acceptors (Lipinski definition) is 7. The number of para-hydroxylation sites is 1. The van der Waals surface area contributed by atoms with E-state index >= 15 is 0 Å². The molecule has 1 aromatic carbocycles. The summed E-state index contributed by atoms with van der Waals surface area (Å²) >= 11 is 0. The summed E-state index contributed by atoms with van der Waals surface area (Å²) < 4.78 is 5.07. The van der Waals surface area contributed by atoms with Crippen LogP contribution in [0.3, 0.4) is 0 Å². The number of anilines is 3. The van der Waals surface area contributed by atoms with Crippen molar-refractivity contribution in [2.45, 2.75) is 32.2 Å². The van der Waals surface area contributed by atoms with Gasteiger partial charge in [0.05, 0.1) is 12.8 Å². The van der Waals surface area contributed by atoms with Gasteiger partial charge in [-0.3, -0.25) is 0 Å². The molecule has 3 heterocycles. The molecule has 2 aromatic rings. The highest BCUT2D eigenvalue weighted by atomic mass is 16.6. The molecule has 4 rings (SSSR count). The molecule has 0 saturated carbocycles. The molecule has 2 aliphatic rings. The number of carbonyl (C=O) groups is 1. The van der Waals surface area contributed by atoms with E-state index < -0.39 is 0 Å². The van der Waals surface area contributed by atoms with Gasteiger partial charge in [0, 0.05) is 31.4 Å². The summed E-state index contributed by atoms with van der Waals surface area (Å²) in [7, 11) is 0. The Balaban J connectivity index is 1.39. The fourth-order valence-corrected chi connectivity index (χ4v) is 3.65. The van der Waals surface area contributed by atoms with Crippen molar-refractivity contribution >= 4 is 23.5 Å². The highest BCUT2D eigenvalue weighted by Crippen LogP contribution is 2.32. The molecule has 8 nitrogen and oxygen atoms in total. The van der Waals surface area contributed by atoms with Gasteiger partial charge in [0.25, 0.3) is 5.95 Å². The second kappa shape index (κ2) is 7.77. The van der Waals surface area contributed by atoms with Crippen LogP contribution in [-0.2, 0) is 11.2 Å². The summed E-state index contributed by atoms with van der Waals surface area (Å²) in [4.78, 5) is 20.3. The number of piperidine rings is 1. The molecule has 1 saturated heterocycles. The molecule has 0 atom stereocenters. The number of aromatic nitrogens is 3. The number of likely N-dealkylation sites (tertiary alicyclic amines) is 1. The van der Waals surface area contributed by atoms with E-state index in [1.165, 1.54) is 5.56 Å². The van der Waals surface area contributed by atoms with E-state index in [9.17, 15) is 4.79 Å².